The number of carbonyl (C=O) groups excluding carboxylic acids is 1. The predicted octanol–water partition coefficient (Wildman–Crippen LogP) is 3.40. The lowest BCUT2D eigenvalue weighted by atomic mass is 9.74. The zero-order valence-corrected chi connectivity index (χ0v) is 13.3. The standard InChI is InChI=1S/C17H20F3NO3/c1-16(8-3-2-7-13(16)15(23)24)21-14(22)10-11-5-4-6-12(9-11)17(18,19)20/h4-6,9,13H,2-3,7-8,10H2,1H3,(H,21,22)(H,23,24). The molecule has 2 rings (SSSR count). The van der Waals surface area contributed by atoms with Crippen LogP contribution in [0.5, 0.6) is 0 Å². The maximum atomic E-state index is 12.7. The molecule has 1 aromatic rings. The Labute approximate surface area is 138 Å². The smallest absolute Gasteiger partial charge is 0.416 e. The second-order valence-electron chi connectivity index (χ2n) is 6.48. The maximum absolute atomic E-state index is 12.7. The first-order valence-corrected chi connectivity index (χ1v) is 7.82. The average Bonchev–Trinajstić information content (AvgIpc) is 2.46. The Bertz CT molecular complexity index is 630. The van der Waals surface area contributed by atoms with Gasteiger partial charge >= 0.3 is 12.1 Å². The monoisotopic (exact) mass is 343 g/mol. The Kier molecular flexibility index (Phi) is 5.20. The minimum absolute atomic E-state index is 0.216. The minimum atomic E-state index is -4.46. The maximum Gasteiger partial charge on any atom is 0.416 e. The van der Waals surface area contributed by atoms with Crippen LogP contribution in [-0.2, 0) is 22.2 Å². The molecular formula is C17H20F3NO3. The van der Waals surface area contributed by atoms with Crippen molar-refractivity contribution >= 4 is 11.9 Å². The van der Waals surface area contributed by atoms with Gasteiger partial charge in [0.15, 0.2) is 0 Å². The number of rotatable bonds is 4. The van der Waals surface area contributed by atoms with Crippen LogP contribution in [0.15, 0.2) is 24.3 Å². The summed E-state index contributed by atoms with van der Waals surface area (Å²) in [6, 6.07) is 4.60. The molecule has 1 amide bonds. The SMILES string of the molecule is CC1(NC(=O)Cc2cccc(C(F)(F)F)c2)CCCCC1C(=O)O. The summed E-state index contributed by atoms with van der Waals surface area (Å²) in [5.41, 5.74) is -1.43. The Morgan fingerprint density at radius 3 is 2.67 bits per heavy atom. The second kappa shape index (κ2) is 6.83. The van der Waals surface area contributed by atoms with E-state index < -0.39 is 35.1 Å². The van der Waals surface area contributed by atoms with Gasteiger partial charge in [0.1, 0.15) is 0 Å². The number of hydrogen-bond donors (Lipinski definition) is 2. The lowest BCUT2D eigenvalue weighted by Crippen LogP contribution is -2.55. The number of benzene rings is 1. The molecule has 7 heteroatoms. The normalized spacial score (nSPS) is 24.4. The van der Waals surface area contributed by atoms with Crippen LogP contribution in [0.25, 0.3) is 0 Å². The molecule has 0 bridgehead atoms. The van der Waals surface area contributed by atoms with E-state index in [0.29, 0.717) is 12.8 Å². The third-order valence-corrected chi connectivity index (χ3v) is 4.55. The third kappa shape index (κ3) is 4.27. The van der Waals surface area contributed by atoms with Crippen molar-refractivity contribution in [2.24, 2.45) is 5.92 Å². The number of halogens is 3. The second-order valence-corrected chi connectivity index (χ2v) is 6.48. The average molecular weight is 343 g/mol. The predicted molar refractivity (Wildman–Crippen MR) is 81.3 cm³/mol. The summed E-state index contributed by atoms with van der Waals surface area (Å²) in [7, 11) is 0. The molecule has 0 heterocycles. The van der Waals surface area contributed by atoms with Crippen molar-refractivity contribution in [3.63, 3.8) is 0 Å². The van der Waals surface area contributed by atoms with E-state index in [1.807, 2.05) is 0 Å². The Balaban J connectivity index is 2.09. The Hall–Kier alpha value is -2.05. The van der Waals surface area contributed by atoms with Crippen molar-refractivity contribution in [1.82, 2.24) is 5.32 Å². The summed E-state index contributed by atoms with van der Waals surface area (Å²) in [5.74, 6) is -2.11. The first-order valence-electron chi connectivity index (χ1n) is 7.82. The van der Waals surface area contributed by atoms with Gasteiger partial charge in [0, 0.05) is 0 Å². The highest BCUT2D eigenvalue weighted by Crippen LogP contribution is 2.34. The van der Waals surface area contributed by atoms with E-state index in [4.69, 9.17) is 0 Å². The number of amides is 1. The molecule has 0 aliphatic heterocycles. The molecule has 4 nitrogen and oxygen atoms in total. The first kappa shape index (κ1) is 18.3. The van der Waals surface area contributed by atoms with Gasteiger partial charge in [0.05, 0.1) is 23.4 Å². The molecule has 0 aromatic heterocycles. The minimum Gasteiger partial charge on any atom is -0.481 e. The molecule has 2 atom stereocenters. The number of aliphatic carboxylic acids is 1. The molecule has 1 fully saturated rings. The summed E-state index contributed by atoms with van der Waals surface area (Å²) >= 11 is 0. The summed E-state index contributed by atoms with van der Waals surface area (Å²) in [6.07, 6.45) is -2.06. The van der Waals surface area contributed by atoms with Gasteiger partial charge in [0.2, 0.25) is 5.91 Å². The Morgan fingerprint density at radius 1 is 1.33 bits per heavy atom. The number of nitrogens with one attached hydrogen (secondary N) is 1. The van der Waals surface area contributed by atoms with Crippen molar-refractivity contribution in [3.05, 3.63) is 35.4 Å². The molecular weight excluding hydrogens is 323 g/mol. The molecule has 24 heavy (non-hydrogen) atoms. The fourth-order valence-electron chi connectivity index (χ4n) is 3.28. The van der Waals surface area contributed by atoms with Gasteiger partial charge in [-0.15, -0.1) is 0 Å². The summed E-state index contributed by atoms with van der Waals surface area (Å²) in [6.45, 7) is 1.69. The largest absolute Gasteiger partial charge is 0.481 e. The molecule has 1 aliphatic carbocycles. The zero-order chi connectivity index (χ0) is 18.0. The van der Waals surface area contributed by atoms with E-state index in [0.717, 1.165) is 25.0 Å². The van der Waals surface area contributed by atoms with Gasteiger partial charge in [-0.3, -0.25) is 9.59 Å². The van der Waals surface area contributed by atoms with Crippen molar-refractivity contribution < 1.29 is 27.9 Å². The van der Waals surface area contributed by atoms with Crippen molar-refractivity contribution in [1.29, 1.82) is 0 Å². The van der Waals surface area contributed by atoms with E-state index >= 15 is 0 Å². The molecule has 0 saturated heterocycles. The van der Waals surface area contributed by atoms with Crippen molar-refractivity contribution in [2.45, 2.75) is 50.7 Å². The van der Waals surface area contributed by atoms with E-state index in [9.17, 15) is 27.9 Å². The topological polar surface area (TPSA) is 66.4 Å². The molecule has 0 spiro atoms. The summed E-state index contributed by atoms with van der Waals surface area (Å²) in [4.78, 5) is 23.6. The van der Waals surface area contributed by atoms with Gasteiger partial charge in [-0.2, -0.15) is 13.2 Å². The number of hydrogen-bond acceptors (Lipinski definition) is 2. The van der Waals surface area contributed by atoms with Crippen LogP contribution >= 0.6 is 0 Å². The molecule has 1 aromatic carbocycles. The lowest BCUT2D eigenvalue weighted by Gasteiger charge is -2.39. The fourth-order valence-corrected chi connectivity index (χ4v) is 3.28. The van der Waals surface area contributed by atoms with Crippen LogP contribution in [0.2, 0.25) is 0 Å². The first-order chi connectivity index (χ1) is 11.1. The molecule has 1 saturated carbocycles. The molecule has 1 aliphatic rings. The molecule has 2 N–H and O–H groups in total. The van der Waals surface area contributed by atoms with Crippen LogP contribution in [-0.4, -0.2) is 22.5 Å². The van der Waals surface area contributed by atoms with E-state index in [1.54, 1.807) is 6.92 Å². The highest BCUT2D eigenvalue weighted by Gasteiger charge is 2.42. The van der Waals surface area contributed by atoms with Gasteiger partial charge in [-0.05, 0) is 31.4 Å². The van der Waals surface area contributed by atoms with Crippen LogP contribution in [0.3, 0.4) is 0 Å². The van der Waals surface area contributed by atoms with Crippen molar-refractivity contribution in [3.8, 4) is 0 Å². The van der Waals surface area contributed by atoms with Gasteiger partial charge in [-0.1, -0.05) is 31.0 Å². The fraction of sp³-hybridized carbons (Fsp3) is 0.529. The highest BCUT2D eigenvalue weighted by atomic mass is 19.4. The third-order valence-electron chi connectivity index (χ3n) is 4.55. The van der Waals surface area contributed by atoms with Crippen LogP contribution in [0, 0.1) is 5.92 Å². The molecule has 0 radical (unpaired) electrons. The molecule has 2 unspecified atom stereocenters. The van der Waals surface area contributed by atoms with Crippen LogP contribution < -0.4 is 5.32 Å². The summed E-state index contributed by atoms with van der Waals surface area (Å²) in [5, 5.41) is 12.1. The zero-order valence-electron chi connectivity index (χ0n) is 13.3. The van der Waals surface area contributed by atoms with Gasteiger partial charge < -0.3 is 10.4 Å². The van der Waals surface area contributed by atoms with Gasteiger partial charge in [0.25, 0.3) is 0 Å². The lowest BCUT2D eigenvalue weighted by molar-refractivity contribution is -0.146. The Morgan fingerprint density at radius 2 is 2.04 bits per heavy atom. The molecule has 132 valence electrons. The van der Waals surface area contributed by atoms with Gasteiger partial charge in [-0.25, -0.2) is 0 Å². The number of alkyl halides is 3. The van der Waals surface area contributed by atoms with Crippen LogP contribution in [0.1, 0.15) is 43.7 Å². The van der Waals surface area contributed by atoms with E-state index in [2.05, 4.69) is 5.32 Å². The van der Waals surface area contributed by atoms with E-state index in [1.165, 1.54) is 12.1 Å². The highest BCUT2D eigenvalue weighted by molar-refractivity contribution is 5.81. The van der Waals surface area contributed by atoms with Crippen LogP contribution in [0.4, 0.5) is 13.2 Å². The number of carboxylic acids is 1. The quantitative estimate of drug-likeness (QED) is 0.881. The summed E-state index contributed by atoms with van der Waals surface area (Å²) < 4.78 is 38.1. The number of carboxylic acid groups (broad SMARTS) is 1. The van der Waals surface area contributed by atoms with Crippen molar-refractivity contribution in [2.75, 3.05) is 0 Å². The van der Waals surface area contributed by atoms with E-state index in [-0.39, 0.29) is 12.0 Å². The number of carbonyl (C=O) groups is 2.